The van der Waals surface area contributed by atoms with Gasteiger partial charge in [0.25, 0.3) is 5.91 Å². The molecule has 0 bridgehead atoms. The molecule has 2 heterocycles. The molecule has 0 unspecified atom stereocenters. The van der Waals surface area contributed by atoms with Gasteiger partial charge in [-0.3, -0.25) is 9.59 Å². The Labute approximate surface area is 103 Å². The zero-order valence-electron chi connectivity index (χ0n) is 9.70. The Morgan fingerprint density at radius 2 is 2.17 bits per heavy atom. The van der Waals surface area contributed by atoms with Crippen LogP contribution in [0.15, 0.2) is 21.7 Å². The van der Waals surface area contributed by atoms with Crippen LogP contribution in [0.3, 0.4) is 0 Å². The van der Waals surface area contributed by atoms with Gasteiger partial charge in [-0.15, -0.1) is 0 Å². The molecule has 94 valence electrons. The summed E-state index contributed by atoms with van der Waals surface area (Å²) < 4.78 is 5.29. The molecule has 0 N–H and O–H groups in total. The molecule has 0 aromatic carbocycles. The van der Waals surface area contributed by atoms with Crippen LogP contribution < -0.4 is 0 Å². The number of rotatable bonds is 3. The topological polar surface area (TPSA) is 99.3 Å². The Bertz CT molecular complexity index is 506. The highest BCUT2D eigenvalue weighted by Gasteiger charge is 2.23. The Balaban J connectivity index is 2.02. The number of ketones is 1. The zero-order chi connectivity index (χ0) is 13.0. The van der Waals surface area contributed by atoms with E-state index in [1.54, 1.807) is 17.0 Å². The van der Waals surface area contributed by atoms with Crippen LogP contribution in [0.2, 0.25) is 0 Å². The minimum Gasteiger partial charge on any atom is -0.456 e. The first-order chi connectivity index (χ1) is 8.70. The Morgan fingerprint density at radius 3 is 2.83 bits per heavy atom. The molecule has 1 aliphatic heterocycles. The predicted octanol–water partition coefficient (Wildman–Crippen LogP) is 1.90. The average molecular weight is 248 g/mol. The van der Waals surface area contributed by atoms with Crippen molar-refractivity contribution in [1.82, 2.24) is 4.90 Å². The van der Waals surface area contributed by atoms with Gasteiger partial charge in [-0.1, -0.05) is 5.11 Å². The van der Waals surface area contributed by atoms with Crippen molar-refractivity contribution in [3.8, 4) is 0 Å². The second kappa shape index (κ2) is 5.37. The van der Waals surface area contributed by atoms with Crippen LogP contribution in [0.25, 0.3) is 10.4 Å². The summed E-state index contributed by atoms with van der Waals surface area (Å²) in [5.41, 5.74) is 8.18. The van der Waals surface area contributed by atoms with Gasteiger partial charge in [0.15, 0.2) is 5.76 Å². The number of carbonyl (C=O) groups excluding carboxylic acids is 2. The lowest BCUT2D eigenvalue weighted by atomic mass is 10.1. The molecule has 1 aromatic rings. The average Bonchev–Trinajstić information content (AvgIpc) is 2.85. The van der Waals surface area contributed by atoms with Crippen molar-refractivity contribution in [1.29, 1.82) is 0 Å². The molecule has 7 nitrogen and oxygen atoms in total. The fraction of sp³-hybridized carbons (Fsp3) is 0.455. The summed E-state index contributed by atoms with van der Waals surface area (Å²) in [7, 11) is 0. The number of amides is 1. The van der Waals surface area contributed by atoms with Gasteiger partial charge >= 0.3 is 0 Å². The second-order valence-electron chi connectivity index (χ2n) is 3.99. The second-order valence-corrected chi connectivity index (χ2v) is 3.99. The number of likely N-dealkylation sites (tertiary alicyclic amines) is 1. The monoisotopic (exact) mass is 248 g/mol. The van der Waals surface area contributed by atoms with E-state index in [0.29, 0.717) is 31.7 Å². The summed E-state index contributed by atoms with van der Waals surface area (Å²) in [6.07, 6.45) is 0.802. The highest BCUT2D eigenvalue weighted by molar-refractivity contribution is 5.93. The molecule has 0 spiro atoms. The van der Waals surface area contributed by atoms with Crippen LogP contribution >= 0.6 is 0 Å². The van der Waals surface area contributed by atoms with Crippen molar-refractivity contribution < 1.29 is 14.0 Å². The highest BCUT2D eigenvalue weighted by Crippen LogP contribution is 2.14. The summed E-state index contributed by atoms with van der Waals surface area (Å²) >= 11 is 0. The third-order valence-electron chi connectivity index (χ3n) is 2.77. The maximum atomic E-state index is 12.0. The van der Waals surface area contributed by atoms with Crippen LogP contribution in [-0.4, -0.2) is 29.7 Å². The quantitative estimate of drug-likeness (QED) is 0.463. The normalized spacial score (nSPS) is 15.3. The third kappa shape index (κ3) is 2.70. The largest absolute Gasteiger partial charge is 0.456 e. The first kappa shape index (κ1) is 12.2. The van der Waals surface area contributed by atoms with E-state index in [2.05, 4.69) is 10.0 Å². The van der Waals surface area contributed by atoms with E-state index in [1.807, 2.05) is 0 Å². The summed E-state index contributed by atoms with van der Waals surface area (Å²) in [6, 6.07) is 3.16. The van der Waals surface area contributed by atoms with Gasteiger partial charge in [-0.25, -0.2) is 0 Å². The molecule has 18 heavy (non-hydrogen) atoms. The van der Waals surface area contributed by atoms with E-state index in [4.69, 9.17) is 9.95 Å². The number of hydrogen-bond acceptors (Lipinski definition) is 4. The smallest absolute Gasteiger partial charge is 0.289 e. The Kier molecular flexibility index (Phi) is 3.64. The van der Waals surface area contributed by atoms with Crippen LogP contribution in [0.5, 0.6) is 0 Å². The number of Topliss-reactive ketones (excluding diaryl/α,β-unsaturated/α-hetero) is 1. The first-order valence-corrected chi connectivity index (χ1v) is 5.61. The molecule has 1 amide bonds. The fourth-order valence-electron chi connectivity index (χ4n) is 1.79. The van der Waals surface area contributed by atoms with E-state index in [-0.39, 0.29) is 24.0 Å². The van der Waals surface area contributed by atoms with E-state index in [1.165, 1.54) is 0 Å². The molecule has 7 heteroatoms. The molecule has 0 atom stereocenters. The summed E-state index contributed by atoms with van der Waals surface area (Å²) in [6.45, 7) is 0.955. The number of carbonyl (C=O) groups is 2. The van der Waals surface area contributed by atoms with Crippen molar-refractivity contribution in [2.45, 2.75) is 19.4 Å². The van der Waals surface area contributed by atoms with E-state index in [0.717, 1.165) is 0 Å². The van der Waals surface area contributed by atoms with Gasteiger partial charge < -0.3 is 9.32 Å². The number of nitrogens with zero attached hydrogens (tertiary/aromatic N) is 4. The highest BCUT2D eigenvalue weighted by atomic mass is 16.4. The van der Waals surface area contributed by atoms with Gasteiger partial charge in [0, 0.05) is 30.8 Å². The summed E-state index contributed by atoms with van der Waals surface area (Å²) in [4.78, 5) is 27.3. The third-order valence-corrected chi connectivity index (χ3v) is 2.77. The van der Waals surface area contributed by atoms with Crippen molar-refractivity contribution in [3.05, 3.63) is 34.1 Å². The van der Waals surface area contributed by atoms with Gasteiger partial charge in [0.05, 0.1) is 6.54 Å². The van der Waals surface area contributed by atoms with Gasteiger partial charge in [0.1, 0.15) is 11.5 Å². The minimum atomic E-state index is -0.227. The van der Waals surface area contributed by atoms with Crippen LogP contribution in [0.4, 0.5) is 0 Å². The maximum Gasteiger partial charge on any atom is 0.289 e. The number of hydrogen-bond donors (Lipinski definition) is 0. The molecule has 1 fully saturated rings. The standard InChI is InChI=1S/C11H12N4O3/c12-14-13-7-9-1-2-10(18-9)11(17)15-5-3-8(16)4-6-15/h1-2H,3-7H2. The van der Waals surface area contributed by atoms with Crippen molar-refractivity contribution in [2.75, 3.05) is 13.1 Å². The molecule has 0 aliphatic carbocycles. The Hall–Kier alpha value is -2.27. The first-order valence-electron chi connectivity index (χ1n) is 5.61. The molecule has 2 rings (SSSR count). The van der Waals surface area contributed by atoms with E-state index >= 15 is 0 Å². The number of furan rings is 1. The molecule has 0 radical (unpaired) electrons. The lowest BCUT2D eigenvalue weighted by molar-refractivity contribution is -0.120. The Morgan fingerprint density at radius 1 is 1.44 bits per heavy atom. The van der Waals surface area contributed by atoms with Crippen molar-refractivity contribution >= 4 is 11.7 Å². The predicted molar refractivity (Wildman–Crippen MR) is 61.7 cm³/mol. The number of piperidine rings is 1. The van der Waals surface area contributed by atoms with Crippen LogP contribution in [0.1, 0.15) is 29.2 Å². The maximum absolute atomic E-state index is 12.0. The minimum absolute atomic E-state index is 0.0856. The summed E-state index contributed by atoms with van der Waals surface area (Å²) in [5, 5.41) is 3.35. The zero-order valence-corrected chi connectivity index (χ0v) is 9.70. The molecule has 1 aromatic heterocycles. The van der Waals surface area contributed by atoms with Crippen molar-refractivity contribution in [3.63, 3.8) is 0 Å². The molecule has 1 saturated heterocycles. The van der Waals surface area contributed by atoms with E-state index < -0.39 is 0 Å². The van der Waals surface area contributed by atoms with Crippen LogP contribution in [0, 0.1) is 0 Å². The van der Waals surface area contributed by atoms with E-state index in [9.17, 15) is 9.59 Å². The van der Waals surface area contributed by atoms with Gasteiger partial charge in [-0.05, 0) is 17.7 Å². The van der Waals surface area contributed by atoms with Gasteiger partial charge in [0.2, 0.25) is 0 Å². The van der Waals surface area contributed by atoms with Crippen molar-refractivity contribution in [2.24, 2.45) is 5.11 Å². The SMILES string of the molecule is [N-]=[N+]=NCc1ccc(C(=O)N2CCC(=O)CC2)o1. The molecular formula is C11H12N4O3. The van der Waals surface area contributed by atoms with Gasteiger partial charge in [-0.2, -0.15) is 0 Å². The fourth-order valence-corrected chi connectivity index (χ4v) is 1.79. The van der Waals surface area contributed by atoms with Crippen LogP contribution in [-0.2, 0) is 11.3 Å². The molecule has 0 saturated carbocycles. The lowest BCUT2D eigenvalue weighted by Gasteiger charge is -2.24. The lowest BCUT2D eigenvalue weighted by Crippen LogP contribution is -2.38. The molecule has 1 aliphatic rings. The number of azide groups is 1. The summed E-state index contributed by atoms with van der Waals surface area (Å²) in [5.74, 6) is 0.619. The molecular weight excluding hydrogens is 236 g/mol.